The van der Waals surface area contributed by atoms with Crippen molar-refractivity contribution >= 4 is 27.6 Å². The number of methoxy groups -OCH3 is 1. The molecule has 2 aromatic carbocycles. The van der Waals surface area contributed by atoms with E-state index in [1.807, 2.05) is 0 Å². The van der Waals surface area contributed by atoms with Gasteiger partial charge in [-0.15, -0.1) is 0 Å². The van der Waals surface area contributed by atoms with E-state index in [4.69, 9.17) is 16.1 Å². The molecule has 10 heteroatoms. The minimum atomic E-state index is -3.64. The maximum Gasteiger partial charge on any atom is 0.337 e. The molecule has 0 unspecified atom stereocenters. The highest BCUT2D eigenvalue weighted by Gasteiger charge is 2.22. The van der Waals surface area contributed by atoms with E-state index in [1.165, 1.54) is 26.3 Å². The van der Waals surface area contributed by atoms with Gasteiger partial charge in [0.25, 0.3) is 0 Å². The Labute approximate surface area is 173 Å². The highest BCUT2D eigenvalue weighted by atomic mass is 35.5. The molecule has 0 bridgehead atoms. The number of halogens is 1. The smallest absolute Gasteiger partial charge is 0.337 e. The van der Waals surface area contributed by atoms with Gasteiger partial charge in [-0.25, -0.2) is 13.2 Å². The molecular weight excluding hydrogens is 418 g/mol. The van der Waals surface area contributed by atoms with Crippen LogP contribution in [-0.4, -0.2) is 43.0 Å². The molecule has 0 saturated carbocycles. The summed E-state index contributed by atoms with van der Waals surface area (Å²) in [5.41, 5.74) is 1.56. The SMILES string of the molecule is COC(=O)c1ccc(CS(=O)(=O)N(C)Cc2nc(-c3cccc(Cl)c3)no2)cc1. The first-order valence-electron chi connectivity index (χ1n) is 8.48. The van der Waals surface area contributed by atoms with Crippen molar-refractivity contribution in [1.82, 2.24) is 14.4 Å². The lowest BCUT2D eigenvalue weighted by molar-refractivity contribution is 0.0600. The molecule has 0 saturated heterocycles. The molecule has 0 aliphatic heterocycles. The fourth-order valence-corrected chi connectivity index (χ4v) is 3.86. The first-order valence-corrected chi connectivity index (χ1v) is 10.5. The third kappa shape index (κ3) is 5.20. The Morgan fingerprint density at radius 2 is 1.93 bits per heavy atom. The second-order valence-corrected chi connectivity index (χ2v) is 8.74. The predicted molar refractivity (Wildman–Crippen MR) is 107 cm³/mol. The van der Waals surface area contributed by atoms with Gasteiger partial charge in [-0.05, 0) is 29.8 Å². The van der Waals surface area contributed by atoms with Gasteiger partial charge in [-0.2, -0.15) is 9.29 Å². The molecule has 1 heterocycles. The summed E-state index contributed by atoms with van der Waals surface area (Å²) in [7, 11) is -0.929. The van der Waals surface area contributed by atoms with Crippen molar-refractivity contribution in [3.8, 4) is 11.4 Å². The Morgan fingerprint density at radius 1 is 1.21 bits per heavy atom. The van der Waals surface area contributed by atoms with Gasteiger partial charge in [-0.3, -0.25) is 0 Å². The quantitative estimate of drug-likeness (QED) is 0.525. The molecular formula is C19H18ClN3O5S. The summed E-state index contributed by atoms with van der Waals surface area (Å²) in [6, 6.07) is 13.1. The largest absolute Gasteiger partial charge is 0.465 e. The molecule has 1 aromatic heterocycles. The Bertz CT molecular complexity index is 1110. The molecule has 0 atom stereocenters. The maximum atomic E-state index is 12.6. The molecule has 3 rings (SSSR count). The molecule has 0 spiro atoms. The van der Waals surface area contributed by atoms with Crippen molar-refractivity contribution in [1.29, 1.82) is 0 Å². The van der Waals surface area contributed by atoms with Crippen LogP contribution in [0.3, 0.4) is 0 Å². The van der Waals surface area contributed by atoms with E-state index in [-0.39, 0.29) is 18.2 Å². The highest BCUT2D eigenvalue weighted by Crippen LogP contribution is 2.21. The van der Waals surface area contributed by atoms with Gasteiger partial charge in [-0.1, -0.05) is 41.0 Å². The highest BCUT2D eigenvalue weighted by molar-refractivity contribution is 7.88. The minimum absolute atomic E-state index is 0.0733. The van der Waals surface area contributed by atoms with Crippen LogP contribution >= 0.6 is 11.6 Å². The number of hydrogen-bond acceptors (Lipinski definition) is 7. The lowest BCUT2D eigenvalue weighted by Gasteiger charge is -2.15. The maximum absolute atomic E-state index is 12.6. The van der Waals surface area contributed by atoms with Crippen molar-refractivity contribution in [2.24, 2.45) is 0 Å². The Kier molecular flexibility index (Phi) is 6.31. The number of ether oxygens (including phenoxy) is 1. The number of carbonyl (C=O) groups is 1. The number of esters is 1. The number of carbonyl (C=O) groups excluding carboxylic acids is 1. The van der Waals surface area contributed by atoms with E-state index >= 15 is 0 Å². The molecule has 0 amide bonds. The number of nitrogens with zero attached hydrogens (tertiary/aromatic N) is 3. The van der Waals surface area contributed by atoms with E-state index in [0.29, 0.717) is 27.5 Å². The first-order chi connectivity index (χ1) is 13.8. The summed E-state index contributed by atoms with van der Waals surface area (Å²) in [5, 5.41) is 4.40. The summed E-state index contributed by atoms with van der Waals surface area (Å²) < 4.78 is 36.2. The summed E-state index contributed by atoms with van der Waals surface area (Å²) >= 11 is 5.96. The average Bonchev–Trinajstić information content (AvgIpc) is 3.16. The summed E-state index contributed by atoms with van der Waals surface area (Å²) in [5.74, 6) is -0.234. The molecule has 0 fully saturated rings. The molecule has 0 N–H and O–H groups in total. The second-order valence-electron chi connectivity index (χ2n) is 6.22. The van der Waals surface area contributed by atoms with E-state index in [1.54, 1.807) is 36.4 Å². The Hall–Kier alpha value is -2.75. The Balaban J connectivity index is 1.68. The van der Waals surface area contributed by atoms with E-state index in [0.717, 1.165) is 4.31 Å². The minimum Gasteiger partial charge on any atom is -0.465 e. The topological polar surface area (TPSA) is 103 Å². The fraction of sp³-hybridized carbons (Fsp3) is 0.211. The van der Waals surface area contributed by atoms with Crippen LogP contribution in [-0.2, 0) is 27.1 Å². The van der Waals surface area contributed by atoms with Crippen LogP contribution in [0, 0.1) is 0 Å². The van der Waals surface area contributed by atoms with Crippen molar-refractivity contribution in [2.75, 3.05) is 14.2 Å². The summed E-state index contributed by atoms with van der Waals surface area (Å²) in [6.07, 6.45) is 0. The van der Waals surface area contributed by atoms with Crippen LogP contribution in [0.4, 0.5) is 0 Å². The molecule has 29 heavy (non-hydrogen) atoms. The fourth-order valence-electron chi connectivity index (χ4n) is 2.53. The molecule has 3 aromatic rings. The van der Waals surface area contributed by atoms with Crippen LogP contribution in [0.1, 0.15) is 21.8 Å². The zero-order valence-electron chi connectivity index (χ0n) is 15.7. The van der Waals surface area contributed by atoms with Crippen LogP contribution in [0.25, 0.3) is 11.4 Å². The second kappa shape index (κ2) is 8.73. The number of hydrogen-bond donors (Lipinski definition) is 0. The van der Waals surface area contributed by atoms with E-state index in [9.17, 15) is 13.2 Å². The zero-order chi connectivity index (χ0) is 21.0. The van der Waals surface area contributed by atoms with Crippen LogP contribution in [0.15, 0.2) is 53.1 Å². The van der Waals surface area contributed by atoms with Crippen LogP contribution in [0.2, 0.25) is 5.02 Å². The van der Waals surface area contributed by atoms with Gasteiger partial charge in [0.05, 0.1) is 25.0 Å². The monoisotopic (exact) mass is 435 g/mol. The normalized spacial score (nSPS) is 11.6. The molecule has 152 valence electrons. The lowest BCUT2D eigenvalue weighted by Crippen LogP contribution is -2.27. The molecule has 0 aliphatic carbocycles. The van der Waals surface area contributed by atoms with Gasteiger partial charge < -0.3 is 9.26 Å². The summed E-state index contributed by atoms with van der Waals surface area (Å²) in [4.78, 5) is 15.7. The van der Waals surface area contributed by atoms with Crippen molar-refractivity contribution in [3.63, 3.8) is 0 Å². The lowest BCUT2D eigenvalue weighted by atomic mass is 10.1. The zero-order valence-corrected chi connectivity index (χ0v) is 17.3. The van der Waals surface area contributed by atoms with Gasteiger partial charge in [0, 0.05) is 17.6 Å². The van der Waals surface area contributed by atoms with Gasteiger partial charge in [0.1, 0.15) is 0 Å². The number of benzene rings is 2. The van der Waals surface area contributed by atoms with Crippen molar-refractivity contribution in [3.05, 3.63) is 70.6 Å². The first kappa shape index (κ1) is 21.0. The number of sulfonamides is 1. The van der Waals surface area contributed by atoms with Crippen molar-refractivity contribution < 1.29 is 22.5 Å². The number of aromatic nitrogens is 2. The average molecular weight is 436 g/mol. The molecule has 0 aliphatic rings. The predicted octanol–water partition coefficient (Wildman–Crippen LogP) is 3.14. The third-order valence-electron chi connectivity index (χ3n) is 4.11. The van der Waals surface area contributed by atoms with Crippen LogP contribution < -0.4 is 0 Å². The van der Waals surface area contributed by atoms with E-state index in [2.05, 4.69) is 14.9 Å². The van der Waals surface area contributed by atoms with Gasteiger partial charge >= 0.3 is 5.97 Å². The van der Waals surface area contributed by atoms with E-state index < -0.39 is 16.0 Å². The summed E-state index contributed by atoms with van der Waals surface area (Å²) in [6.45, 7) is -0.0733. The van der Waals surface area contributed by atoms with Gasteiger partial charge in [0.15, 0.2) is 0 Å². The van der Waals surface area contributed by atoms with Crippen molar-refractivity contribution in [2.45, 2.75) is 12.3 Å². The molecule has 8 nitrogen and oxygen atoms in total. The van der Waals surface area contributed by atoms with Gasteiger partial charge in [0.2, 0.25) is 21.7 Å². The Morgan fingerprint density at radius 3 is 2.59 bits per heavy atom. The van der Waals surface area contributed by atoms with Crippen LogP contribution in [0.5, 0.6) is 0 Å². The third-order valence-corrected chi connectivity index (χ3v) is 6.12. The number of rotatable bonds is 7. The molecule has 0 radical (unpaired) electrons. The standard InChI is InChI=1S/C19H18ClN3O5S/c1-23(11-17-21-18(22-28-17)15-4-3-5-16(20)10-15)29(25,26)12-13-6-8-14(9-7-13)19(24)27-2/h3-10H,11-12H2,1-2H3.